The number of benzene rings is 1. The van der Waals surface area contributed by atoms with Gasteiger partial charge in [0.05, 0.1) is 123 Å². The van der Waals surface area contributed by atoms with Crippen LogP contribution in [0.1, 0.15) is 88.4 Å². The first-order chi connectivity index (χ1) is 57.8. The van der Waals surface area contributed by atoms with E-state index < -0.39 is 290 Å². The van der Waals surface area contributed by atoms with E-state index in [9.17, 15) is 206 Å². The molecule has 25 N–H and O–H groups in total. The zero-order valence-corrected chi connectivity index (χ0v) is 63.8. The molecule has 67 nitrogen and oxygen atoms in total. The molecule has 0 aliphatic carbocycles. The number of hydrogen-bond acceptors (Lipinski definition) is 52. The molecule has 0 saturated carbocycles. The minimum atomic E-state index is -2.85. The molecule has 1 aromatic carbocycles. The number of para-hydroxylation sites is 1. The minimum Gasteiger partial charge on any atom is -0.872 e. The number of rotatable bonds is 38. The molecule has 0 amide bonds. The number of carboxylic acids is 28. The number of aliphatic hydroxyl groups is 10. The number of aliphatic carboxylic acids is 27. The van der Waals surface area contributed by atoms with Crippen molar-refractivity contribution >= 4 is 167 Å². The van der Waals surface area contributed by atoms with Crippen LogP contribution in [0.25, 0.3) is 0 Å². The van der Waals surface area contributed by atoms with Gasteiger partial charge in [-0.1, -0.05) is 30.5 Å². The van der Waals surface area contributed by atoms with Gasteiger partial charge in [0.15, 0.2) is 18.3 Å². The van der Waals surface area contributed by atoms with Crippen LogP contribution in [0.15, 0.2) is 60.7 Å². The summed E-state index contributed by atoms with van der Waals surface area (Å²) in [5.74, 6) is -44.8. The van der Waals surface area contributed by atoms with Crippen molar-refractivity contribution in [3.8, 4) is 5.75 Å². The predicted molar refractivity (Wildman–Crippen MR) is 347 cm³/mol. The van der Waals surface area contributed by atoms with Crippen LogP contribution in [0.4, 0.5) is 0 Å². The van der Waals surface area contributed by atoms with Crippen molar-refractivity contribution in [2.75, 3.05) is 0 Å². The van der Waals surface area contributed by atoms with E-state index in [4.69, 9.17) is 128 Å². The fraction of sp³-hybridized carbons (Fsp3) is 0.355. The van der Waals surface area contributed by atoms with E-state index in [0.29, 0.717) is 24.3 Å². The van der Waals surface area contributed by atoms with Crippen molar-refractivity contribution in [3.63, 3.8) is 0 Å². The number of aliphatic hydroxyl groups excluding tert-OH is 7. The van der Waals surface area contributed by atoms with Crippen LogP contribution in [0.3, 0.4) is 0 Å². The Hall–Kier alpha value is -17.0. The second-order valence-electron chi connectivity index (χ2n) is 21.2. The third-order valence-electron chi connectivity index (χ3n) is 9.80. The van der Waals surface area contributed by atoms with Gasteiger partial charge in [-0.2, -0.15) is 0 Å². The number of aromatic carboxylic acids is 1. The molecule has 9 atom stereocenters. The molecule has 0 fully saturated rings. The second-order valence-corrected chi connectivity index (χ2v) is 21.2. The van der Waals surface area contributed by atoms with E-state index in [1.807, 2.05) is 0 Å². The number of hydrogen-bond donors (Lipinski definition) is 25. The third kappa shape index (κ3) is 107. The quantitative estimate of drug-likeness (QED) is 0.0216. The average Bonchev–Trinajstić information content (AvgIpc) is 0.846. The zero-order chi connectivity index (χ0) is 106. The molecule has 129 heavy (non-hydrogen) atoms. The van der Waals surface area contributed by atoms with Gasteiger partial charge in [0.2, 0.25) is 0 Å². The van der Waals surface area contributed by atoms with E-state index in [-0.39, 0.29) is 17.6 Å². The topological polar surface area (TPSA) is 1310 Å². The summed E-state index contributed by atoms with van der Waals surface area (Å²) < 4.78 is 0. The summed E-state index contributed by atoms with van der Waals surface area (Å²) >= 11 is 0. The van der Waals surface area contributed by atoms with Crippen LogP contribution in [0.5, 0.6) is 5.75 Å². The Morgan fingerprint density at radius 3 is 0.729 bits per heavy atom. The maximum Gasteiger partial charge on any atom is 0.338 e. The predicted octanol–water partition coefficient (Wildman–Crippen LogP) is -28.5. The Bertz CT molecular complexity index is 3790. The van der Waals surface area contributed by atoms with Gasteiger partial charge in [0.1, 0.15) is 41.2 Å². The van der Waals surface area contributed by atoms with E-state index in [2.05, 4.69) is 6.58 Å². The van der Waals surface area contributed by atoms with E-state index in [1.54, 1.807) is 0 Å². The second kappa shape index (κ2) is 75.9. The molecule has 732 valence electrons. The van der Waals surface area contributed by atoms with Crippen LogP contribution in [-0.2, 0) is 129 Å². The number of carbonyl (C=O) groups excluding carboxylic acids is 13. The first kappa shape index (κ1) is 141. The zero-order valence-electron chi connectivity index (χ0n) is 63.8. The van der Waals surface area contributed by atoms with Gasteiger partial charge in [-0.25, -0.2) is 33.6 Å². The first-order valence-electron chi connectivity index (χ1n) is 30.6. The minimum absolute atomic E-state index is 0.178. The molecule has 0 heterocycles. The Balaban J connectivity index is -0.000000102. The van der Waals surface area contributed by atoms with Crippen molar-refractivity contribution in [2.24, 2.45) is 0 Å². The molecular formula is C62H68O67-14. The van der Waals surface area contributed by atoms with Gasteiger partial charge >= 0.3 is 89.5 Å². The highest BCUT2D eigenvalue weighted by atomic mass is 16.5. The van der Waals surface area contributed by atoms with Crippen LogP contribution in [0.2, 0.25) is 0 Å². The fourth-order valence-corrected chi connectivity index (χ4v) is 4.07. The molecule has 1 unspecified atom stereocenters. The van der Waals surface area contributed by atoms with Gasteiger partial charge in [-0.05, 0) is 38.5 Å². The van der Waals surface area contributed by atoms with E-state index >= 15 is 0 Å². The Morgan fingerprint density at radius 1 is 0.341 bits per heavy atom. The van der Waals surface area contributed by atoms with Gasteiger partial charge in [-0.3, -0.25) is 38.4 Å². The average molecular weight is 1890 g/mol. The monoisotopic (exact) mass is 1880 g/mol. The van der Waals surface area contributed by atoms with Crippen LogP contribution in [-0.4, -0.2) is 354 Å². The van der Waals surface area contributed by atoms with Gasteiger partial charge < -0.3 is 261 Å². The molecule has 0 aromatic heterocycles. The molecule has 67 heteroatoms. The molecule has 0 radical (unpaired) electrons. The van der Waals surface area contributed by atoms with Crippen molar-refractivity contribution in [1.29, 1.82) is 0 Å². The van der Waals surface area contributed by atoms with Crippen LogP contribution in [0, 0.1) is 0 Å². The molecule has 0 aliphatic heterocycles. The summed E-state index contributed by atoms with van der Waals surface area (Å²) in [6.45, 7) is 4.72. The van der Waals surface area contributed by atoms with Gasteiger partial charge in [-0.15, -0.1) is 0 Å². The summed E-state index contributed by atoms with van der Waals surface area (Å²) in [6, 6.07) is 5.54. The van der Waals surface area contributed by atoms with Crippen LogP contribution >= 0.6 is 0 Å². The maximum atomic E-state index is 10.7. The van der Waals surface area contributed by atoms with E-state index in [0.717, 1.165) is 13.8 Å². The Morgan fingerprint density at radius 2 is 0.636 bits per heavy atom. The maximum absolute atomic E-state index is 10.7. The van der Waals surface area contributed by atoms with Crippen molar-refractivity contribution < 1.29 is 333 Å². The molecule has 0 saturated heterocycles. The summed E-state index contributed by atoms with van der Waals surface area (Å²) in [4.78, 5) is 272. The van der Waals surface area contributed by atoms with Gasteiger partial charge in [0, 0.05) is 36.1 Å². The van der Waals surface area contributed by atoms with Crippen LogP contribution < -0.4 is 71.5 Å². The standard InChI is InChI=1S/C7H6O3.C6H8O7.2C5H8O5.C5H6O4.2C4H6O6.2C4H6O5.C4H6O4.2C4H4O4.C3H4O5.C3H4O4/c8-6-4-2-1-3-5(6)7(9)10;7-3(8)1-6(13,5(11)12)2-4(9)10;2*1-5(10,4(8)9)2-3(6)7;1-3(5(8)9)2-4(6)7;2*5-1(3(7)8)2(6)4(9)10;2*5-2(4(8)9)1-3(6)7;3*5-3(6)1-2-4(7)8;4-1(2(5)6)3(7)8;4-2(5)1-3(6)7/h1-4,8H,(H,9,10);13H,1-2H2,(H,7,8)(H,9,10)(H,11,12);2*10H,2H2,1H3,(H,6,7)(H,8,9);1-2H2,(H,6,7)(H,8,9);2*1-2,5-6H,(H,7,8)(H,9,10);2*2,5H,1H2,(H,6,7)(H,8,9);1-2H2,(H,5,6)(H,7,8);2*1-2H,(H,5,6)(H,7,8);1,4H,(H,5,6)(H,7,8);1H2,(H,4,5)(H,6,7)/p-14/b;;;;;;;;;;2-1+;2-1-;;/t;;2*5-;;2*1-,2-;2*2-;;;;;/m..10.1010...../s1. The largest absolute Gasteiger partial charge is 0.872 e. The summed E-state index contributed by atoms with van der Waals surface area (Å²) in [6.07, 6.45) is -21.8. The Labute approximate surface area is 708 Å². The lowest BCUT2D eigenvalue weighted by Crippen LogP contribution is -2.51. The lowest BCUT2D eigenvalue weighted by molar-refractivity contribution is -0.325. The summed E-state index contributed by atoms with van der Waals surface area (Å²) in [5, 5.41) is 339. The molecule has 1 rings (SSSR count). The molecule has 0 aliphatic rings. The highest BCUT2D eigenvalue weighted by Gasteiger charge is 2.35. The fourth-order valence-electron chi connectivity index (χ4n) is 4.07. The van der Waals surface area contributed by atoms with E-state index in [1.165, 1.54) is 24.3 Å². The summed E-state index contributed by atoms with van der Waals surface area (Å²) in [5.41, 5.74) is -7.94. The van der Waals surface area contributed by atoms with Gasteiger partial charge in [0.25, 0.3) is 0 Å². The molecule has 0 spiro atoms. The van der Waals surface area contributed by atoms with Crippen molar-refractivity contribution in [3.05, 3.63) is 66.3 Å². The Kier molecular flexibility index (Phi) is 82.9. The van der Waals surface area contributed by atoms with Crippen molar-refractivity contribution in [2.45, 2.75) is 138 Å². The number of carbonyl (C=O) groups is 28. The van der Waals surface area contributed by atoms with Crippen molar-refractivity contribution in [1.82, 2.24) is 0 Å². The molecule has 0 bridgehead atoms. The summed E-state index contributed by atoms with van der Waals surface area (Å²) in [7, 11) is 0. The highest BCUT2D eigenvalue weighted by Crippen LogP contribution is 2.15. The lowest BCUT2D eigenvalue weighted by atomic mass is 9.96. The smallest absolute Gasteiger partial charge is 0.338 e. The lowest BCUT2D eigenvalue weighted by Gasteiger charge is -2.25. The molecule has 1 aromatic rings. The molecular weight excluding hydrogens is 1820 g/mol. The first-order valence-corrected chi connectivity index (χ1v) is 30.6. The highest BCUT2D eigenvalue weighted by molar-refractivity contribution is 5.95. The SMILES string of the molecule is C=C(CC(=O)[O-])C(=O)O.C[C@@](O)(CC(=O)O)C(=O)[O-].C[C@](O)(CC(=O)O)C(=O)[O-].O=C(O)CC(O)(CC(=O)O)C(=O)[O-].O=C(O)C[C@@H](O)C(=O)[O-].O=C(O)C[C@H](O)C(=O)[O-].O=C(O)c1ccccc1[O-].O=C([O-])/C=C/C(=O)O.O=C([O-])/C=C\C(=O)O.O=C([O-])C(O)C(=O)O.O=C([O-])CC(=O)O.O=C([O-])CCC(=O)O.O=C([O-])[C@@H](O)[C@H](O)C(=O)O.O=C([O-])[C@H](O)[C@@H](O)C(=O)O. The normalized spacial score (nSPS) is 12.0. The third-order valence-corrected chi connectivity index (χ3v) is 9.80. The number of carboxylic acid groups (broad SMARTS) is 28.